The van der Waals surface area contributed by atoms with E-state index in [0.29, 0.717) is 12.8 Å². The van der Waals surface area contributed by atoms with E-state index in [4.69, 9.17) is 5.11 Å². The van der Waals surface area contributed by atoms with E-state index >= 15 is 0 Å². The molecule has 3 nitrogen and oxygen atoms in total. The van der Waals surface area contributed by atoms with Crippen molar-refractivity contribution in [3.8, 4) is 0 Å². The first-order valence-corrected chi connectivity index (χ1v) is 4.63. The van der Waals surface area contributed by atoms with Gasteiger partial charge in [0.05, 0.1) is 5.92 Å². The van der Waals surface area contributed by atoms with E-state index in [1.54, 1.807) is 0 Å². The quantitative estimate of drug-likeness (QED) is 0.675. The molecule has 1 saturated carbocycles. The second-order valence-electron chi connectivity index (χ2n) is 4.44. The lowest BCUT2D eigenvalue weighted by atomic mass is 9.62. The van der Waals surface area contributed by atoms with E-state index < -0.39 is 11.4 Å². The van der Waals surface area contributed by atoms with Gasteiger partial charge >= 0.3 is 5.97 Å². The van der Waals surface area contributed by atoms with E-state index in [-0.39, 0.29) is 17.6 Å². The molecule has 0 aromatic heterocycles. The summed E-state index contributed by atoms with van der Waals surface area (Å²) in [5, 5.41) is 8.97. The van der Waals surface area contributed by atoms with Crippen molar-refractivity contribution in [3.63, 3.8) is 0 Å². The topological polar surface area (TPSA) is 54.4 Å². The Morgan fingerprint density at radius 3 is 2.54 bits per heavy atom. The van der Waals surface area contributed by atoms with Gasteiger partial charge in [-0.15, -0.1) is 0 Å². The SMILES string of the molecule is C[C@@H]1C(=O)CC[C@H](C(=O)O)C1(C)C. The summed E-state index contributed by atoms with van der Waals surface area (Å²) >= 11 is 0. The summed E-state index contributed by atoms with van der Waals surface area (Å²) in [4.78, 5) is 22.3. The van der Waals surface area contributed by atoms with Crippen molar-refractivity contribution >= 4 is 11.8 Å². The number of ketones is 1. The zero-order chi connectivity index (χ0) is 10.2. The number of carboxylic acids is 1. The highest BCUT2D eigenvalue weighted by Crippen LogP contribution is 2.43. The van der Waals surface area contributed by atoms with Crippen molar-refractivity contribution in [1.29, 1.82) is 0 Å². The fourth-order valence-electron chi connectivity index (χ4n) is 2.03. The Morgan fingerprint density at radius 1 is 1.54 bits per heavy atom. The van der Waals surface area contributed by atoms with Gasteiger partial charge in [-0.1, -0.05) is 20.8 Å². The Balaban J connectivity index is 2.92. The predicted octanol–water partition coefficient (Wildman–Crippen LogP) is 1.71. The van der Waals surface area contributed by atoms with Crippen LogP contribution in [-0.2, 0) is 9.59 Å². The van der Waals surface area contributed by atoms with Crippen molar-refractivity contribution in [2.24, 2.45) is 17.3 Å². The van der Waals surface area contributed by atoms with Crippen molar-refractivity contribution in [1.82, 2.24) is 0 Å². The first-order valence-electron chi connectivity index (χ1n) is 4.63. The largest absolute Gasteiger partial charge is 0.481 e. The minimum atomic E-state index is -0.774. The van der Waals surface area contributed by atoms with Crippen molar-refractivity contribution in [2.45, 2.75) is 33.6 Å². The van der Waals surface area contributed by atoms with Crippen LogP contribution in [0.4, 0.5) is 0 Å². The number of aliphatic carboxylic acids is 1. The van der Waals surface area contributed by atoms with Gasteiger partial charge in [-0.25, -0.2) is 0 Å². The van der Waals surface area contributed by atoms with Crippen LogP contribution in [0.2, 0.25) is 0 Å². The molecule has 0 aromatic carbocycles. The lowest BCUT2D eigenvalue weighted by Gasteiger charge is -2.40. The molecular weight excluding hydrogens is 168 g/mol. The Bertz CT molecular complexity index is 243. The van der Waals surface area contributed by atoms with Crippen LogP contribution in [0.15, 0.2) is 0 Å². The molecule has 1 fully saturated rings. The zero-order valence-electron chi connectivity index (χ0n) is 8.33. The summed E-state index contributed by atoms with van der Waals surface area (Å²) in [7, 11) is 0. The molecule has 0 bridgehead atoms. The van der Waals surface area contributed by atoms with Gasteiger partial charge in [0.15, 0.2) is 0 Å². The third kappa shape index (κ3) is 1.60. The third-order valence-corrected chi connectivity index (χ3v) is 3.47. The molecule has 0 aromatic rings. The van der Waals surface area contributed by atoms with Gasteiger partial charge in [-0.3, -0.25) is 9.59 Å². The highest BCUT2D eigenvalue weighted by atomic mass is 16.4. The molecule has 1 N–H and O–H groups in total. The molecule has 2 atom stereocenters. The Labute approximate surface area is 78.1 Å². The van der Waals surface area contributed by atoms with E-state index in [0.717, 1.165) is 0 Å². The summed E-state index contributed by atoms with van der Waals surface area (Å²) in [5.41, 5.74) is -0.402. The van der Waals surface area contributed by atoms with Crippen LogP contribution in [0.5, 0.6) is 0 Å². The fourth-order valence-corrected chi connectivity index (χ4v) is 2.03. The Kier molecular flexibility index (Phi) is 2.46. The van der Waals surface area contributed by atoms with Crippen LogP contribution < -0.4 is 0 Å². The van der Waals surface area contributed by atoms with E-state index in [1.807, 2.05) is 20.8 Å². The van der Waals surface area contributed by atoms with Crippen LogP contribution in [-0.4, -0.2) is 16.9 Å². The average Bonchev–Trinajstić information content (AvgIpc) is 1.99. The van der Waals surface area contributed by atoms with Gasteiger partial charge in [-0.05, 0) is 11.8 Å². The molecule has 74 valence electrons. The van der Waals surface area contributed by atoms with Crippen LogP contribution >= 0.6 is 0 Å². The van der Waals surface area contributed by atoms with Crippen molar-refractivity contribution in [2.75, 3.05) is 0 Å². The number of hydrogen-bond acceptors (Lipinski definition) is 2. The Hall–Kier alpha value is -0.860. The second-order valence-corrected chi connectivity index (χ2v) is 4.44. The van der Waals surface area contributed by atoms with Gasteiger partial charge in [0, 0.05) is 12.3 Å². The monoisotopic (exact) mass is 184 g/mol. The summed E-state index contributed by atoms with van der Waals surface area (Å²) in [5.74, 6) is -1.09. The molecule has 1 aliphatic rings. The van der Waals surface area contributed by atoms with Crippen LogP contribution in [0.3, 0.4) is 0 Å². The van der Waals surface area contributed by atoms with Gasteiger partial charge in [0.1, 0.15) is 5.78 Å². The minimum Gasteiger partial charge on any atom is -0.481 e. The first kappa shape index (κ1) is 10.2. The maximum Gasteiger partial charge on any atom is 0.307 e. The smallest absolute Gasteiger partial charge is 0.307 e. The van der Waals surface area contributed by atoms with Gasteiger partial charge in [0.25, 0.3) is 0 Å². The summed E-state index contributed by atoms with van der Waals surface area (Å²) in [6, 6.07) is 0. The maximum atomic E-state index is 11.4. The molecule has 0 unspecified atom stereocenters. The normalized spacial score (nSPS) is 33.0. The molecule has 0 saturated heterocycles. The molecule has 3 heteroatoms. The average molecular weight is 184 g/mol. The van der Waals surface area contributed by atoms with Crippen LogP contribution in [0.1, 0.15) is 33.6 Å². The second kappa shape index (κ2) is 3.13. The van der Waals surface area contributed by atoms with Crippen molar-refractivity contribution < 1.29 is 14.7 Å². The number of carboxylic acid groups (broad SMARTS) is 1. The molecule has 1 rings (SSSR count). The molecule has 0 aliphatic heterocycles. The molecular formula is C10H16O3. The van der Waals surface area contributed by atoms with Crippen LogP contribution in [0, 0.1) is 17.3 Å². The molecule has 0 heterocycles. The number of carbonyl (C=O) groups excluding carboxylic acids is 1. The van der Waals surface area contributed by atoms with Crippen molar-refractivity contribution in [3.05, 3.63) is 0 Å². The highest BCUT2D eigenvalue weighted by molar-refractivity contribution is 5.85. The van der Waals surface area contributed by atoms with E-state index in [9.17, 15) is 9.59 Å². The maximum absolute atomic E-state index is 11.4. The van der Waals surface area contributed by atoms with Gasteiger partial charge < -0.3 is 5.11 Å². The highest BCUT2D eigenvalue weighted by Gasteiger charge is 2.45. The van der Waals surface area contributed by atoms with E-state index in [1.165, 1.54) is 0 Å². The lowest BCUT2D eigenvalue weighted by Crippen LogP contribution is -2.43. The van der Waals surface area contributed by atoms with E-state index in [2.05, 4.69) is 0 Å². The number of rotatable bonds is 1. The molecule has 0 spiro atoms. The number of Topliss-reactive ketones (excluding diaryl/α,β-unsaturated/α-hetero) is 1. The number of carbonyl (C=O) groups is 2. The predicted molar refractivity (Wildman–Crippen MR) is 48.3 cm³/mol. The van der Waals surface area contributed by atoms with Gasteiger partial charge in [-0.2, -0.15) is 0 Å². The van der Waals surface area contributed by atoms with Gasteiger partial charge in [0.2, 0.25) is 0 Å². The zero-order valence-corrected chi connectivity index (χ0v) is 8.33. The summed E-state index contributed by atoms with van der Waals surface area (Å²) < 4.78 is 0. The minimum absolute atomic E-state index is 0.137. The number of hydrogen-bond donors (Lipinski definition) is 1. The molecule has 1 aliphatic carbocycles. The van der Waals surface area contributed by atoms with Crippen LogP contribution in [0.25, 0.3) is 0 Å². The fraction of sp³-hybridized carbons (Fsp3) is 0.800. The lowest BCUT2D eigenvalue weighted by molar-refractivity contribution is -0.152. The Morgan fingerprint density at radius 2 is 2.08 bits per heavy atom. The molecule has 0 radical (unpaired) electrons. The first-order chi connectivity index (χ1) is 5.87. The standard InChI is InChI=1S/C10H16O3/c1-6-8(11)5-4-7(9(12)13)10(6,2)3/h6-7H,4-5H2,1-3H3,(H,12,13)/t6-,7-/m1/s1. The molecule has 0 amide bonds. The molecule has 13 heavy (non-hydrogen) atoms. The summed E-state index contributed by atoms with van der Waals surface area (Å²) in [6.07, 6.45) is 0.910. The third-order valence-electron chi connectivity index (χ3n) is 3.47. The summed E-state index contributed by atoms with van der Waals surface area (Å²) in [6.45, 7) is 5.57.